The zero-order valence-corrected chi connectivity index (χ0v) is 11.0. The molecule has 0 spiro atoms. The van der Waals surface area contributed by atoms with Crippen molar-refractivity contribution in [2.75, 3.05) is 0 Å². The topological polar surface area (TPSA) is 29.1 Å². The summed E-state index contributed by atoms with van der Waals surface area (Å²) in [7, 11) is 0. The van der Waals surface area contributed by atoms with Gasteiger partial charge in [0.05, 0.1) is 6.42 Å². The molecule has 1 fully saturated rings. The Morgan fingerprint density at radius 1 is 1.18 bits per heavy atom. The van der Waals surface area contributed by atoms with Gasteiger partial charge in [0.15, 0.2) is 0 Å². The molecule has 0 saturated heterocycles. The second kappa shape index (κ2) is 5.74. The number of amides is 1. The number of halogens is 2. The molecule has 0 bridgehead atoms. The molecule has 1 amide bonds. The van der Waals surface area contributed by atoms with E-state index in [9.17, 15) is 4.79 Å². The van der Waals surface area contributed by atoms with Gasteiger partial charge in [-0.1, -0.05) is 36.0 Å². The summed E-state index contributed by atoms with van der Waals surface area (Å²) in [6, 6.07) is 5.59. The minimum Gasteiger partial charge on any atom is -0.353 e. The molecular formula is C13H15Cl2NO. The van der Waals surface area contributed by atoms with Crippen molar-refractivity contribution >= 4 is 29.1 Å². The van der Waals surface area contributed by atoms with Crippen LogP contribution < -0.4 is 5.32 Å². The van der Waals surface area contributed by atoms with Gasteiger partial charge in [-0.2, -0.15) is 0 Å². The minimum atomic E-state index is 0.0511. The molecule has 1 aliphatic rings. The van der Waals surface area contributed by atoms with Crippen LogP contribution in [0.4, 0.5) is 0 Å². The maximum atomic E-state index is 11.8. The molecule has 0 aliphatic heterocycles. The van der Waals surface area contributed by atoms with Gasteiger partial charge in [-0.15, -0.1) is 0 Å². The van der Waals surface area contributed by atoms with Crippen LogP contribution in [0, 0.1) is 0 Å². The summed E-state index contributed by atoms with van der Waals surface area (Å²) in [5.74, 6) is 0.0511. The van der Waals surface area contributed by atoms with Crippen LogP contribution in [-0.4, -0.2) is 11.9 Å². The fourth-order valence-electron chi connectivity index (χ4n) is 2.25. The van der Waals surface area contributed by atoms with Crippen molar-refractivity contribution < 1.29 is 4.79 Å². The molecule has 92 valence electrons. The van der Waals surface area contributed by atoms with Crippen molar-refractivity contribution in [2.24, 2.45) is 0 Å². The largest absolute Gasteiger partial charge is 0.353 e. The zero-order chi connectivity index (χ0) is 12.3. The molecule has 17 heavy (non-hydrogen) atoms. The predicted octanol–water partition coefficient (Wildman–Crippen LogP) is 3.59. The Kier molecular flexibility index (Phi) is 4.30. The summed E-state index contributed by atoms with van der Waals surface area (Å²) in [4.78, 5) is 11.8. The molecule has 4 heteroatoms. The molecule has 0 unspecified atom stereocenters. The molecule has 1 saturated carbocycles. The van der Waals surface area contributed by atoms with Crippen molar-refractivity contribution in [1.82, 2.24) is 5.32 Å². The van der Waals surface area contributed by atoms with E-state index in [-0.39, 0.29) is 5.91 Å². The zero-order valence-electron chi connectivity index (χ0n) is 9.51. The van der Waals surface area contributed by atoms with Crippen LogP contribution in [0.25, 0.3) is 0 Å². The van der Waals surface area contributed by atoms with E-state index < -0.39 is 0 Å². The monoisotopic (exact) mass is 271 g/mol. The van der Waals surface area contributed by atoms with E-state index >= 15 is 0 Å². The maximum absolute atomic E-state index is 11.8. The highest BCUT2D eigenvalue weighted by Gasteiger charge is 2.17. The average molecular weight is 272 g/mol. The molecule has 0 radical (unpaired) electrons. The van der Waals surface area contributed by atoms with E-state index in [0.29, 0.717) is 22.5 Å². The smallest absolute Gasteiger partial charge is 0.224 e. The molecule has 1 aliphatic carbocycles. The summed E-state index contributed by atoms with van der Waals surface area (Å²) in [5.41, 5.74) is 0.859. The predicted molar refractivity (Wildman–Crippen MR) is 70.6 cm³/mol. The van der Waals surface area contributed by atoms with Crippen molar-refractivity contribution in [1.29, 1.82) is 0 Å². The molecule has 1 aromatic rings. The number of nitrogens with one attached hydrogen (secondary N) is 1. The third-order valence-electron chi connectivity index (χ3n) is 3.01. The van der Waals surface area contributed by atoms with Crippen LogP contribution in [0.3, 0.4) is 0 Å². The van der Waals surface area contributed by atoms with Gasteiger partial charge >= 0.3 is 0 Å². The van der Waals surface area contributed by atoms with E-state index in [4.69, 9.17) is 23.2 Å². The lowest BCUT2D eigenvalue weighted by atomic mass is 10.1. The van der Waals surface area contributed by atoms with Gasteiger partial charge in [-0.25, -0.2) is 0 Å². The first-order chi connectivity index (χ1) is 8.13. The van der Waals surface area contributed by atoms with Crippen molar-refractivity contribution in [2.45, 2.75) is 38.1 Å². The van der Waals surface area contributed by atoms with Crippen LogP contribution in [0.2, 0.25) is 10.0 Å². The van der Waals surface area contributed by atoms with Crippen molar-refractivity contribution in [3.05, 3.63) is 33.8 Å². The van der Waals surface area contributed by atoms with Gasteiger partial charge in [-0.3, -0.25) is 4.79 Å². The van der Waals surface area contributed by atoms with Gasteiger partial charge in [-0.05, 0) is 36.6 Å². The Balaban J connectivity index is 1.92. The van der Waals surface area contributed by atoms with Crippen LogP contribution in [0.5, 0.6) is 0 Å². The van der Waals surface area contributed by atoms with E-state index in [1.165, 1.54) is 12.8 Å². The van der Waals surface area contributed by atoms with Gasteiger partial charge in [0.1, 0.15) is 0 Å². The van der Waals surface area contributed by atoms with Crippen LogP contribution >= 0.6 is 23.2 Å². The Morgan fingerprint density at radius 2 is 1.76 bits per heavy atom. The highest BCUT2D eigenvalue weighted by molar-refractivity contribution is 6.34. The lowest BCUT2D eigenvalue weighted by molar-refractivity contribution is -0.121. The second-order valence-corrected chi connectivity index (χ2v) is 5.38. The molecule has 1 N–H and O–H groups in total. The summed E-state index contributed by atoms with van der Waals surface area (Å²) in [5, 5.41) is 4.18. The molecule has 0 heterocycles. The lowest BCUT2D eigenvalue weighted by Crippen LogP contribution is -2.33. The summed E-state index contributed by atoms with van der Waals surface area (Å²) < 4.78 is 0. The minimum absolute atomic E-state index is 0.0511. The van der Waals surface area contributed by atoms with Gasteiger partial charge in [0.2, 0.25) is 5.91 Å². The second-order valence-electron chi connectivity index (χ2n) is 4.50. The van der Waals surface area contributed by atoms with Gasteiger partial charge in [0.25, 0.3) is 0 Å². The third kappa shape index (κ3) is 3.90. The van der Waals surface area contributed by atoms with E-state index in [2.05, 4.69) is 5.32 Å². The number of rotatable bonds is 3. The van der Waals surface area contributed by atoms with Crippen molar-refractivity contribution in [3.8, 4) is 0 Å². The van der Waals surface area contributed by atoms with Crippen LogP contribution in [0.15, 0.2) is 18.2 Å². The van der Waals surface area contributed by atoms with E-state index in [0.717, 1.165) is 18.4 Å². The molecular weight excluding hydrogens is 257 g/mol. The molecule has 1 aromatic carbocycles. The third-order valence-corrected chi connectivity index (χ3v) is 3.44. The number of hydrogen-bond donors (Lipinski definition) is 1. The highest BCUT2D eigenvalue weighted by Crippen LogP contribution is 2.20. The number of benzene rings is 1. The number of carbonyl (C=O) groups excluding carboxylic acids is 1. The standard InChI is InChI=1S/C13H15Cl2NO/c14-10-5-9(6-11(15)8-10)7-13(17)16-12-3-1-2-4-12/h5-6,8,12H,1-4,7H2,(H,16,17). The quantitative estimate of drug-likeness (QED) is 0.895. The van der Waals surface area contributed by atoms with Crippen LogP contribution in [-0.2, 0) is 11.2 Å². The number of carbonyl (C=O) groups is 1. The normalized spacial score (nSPS) is 16.1. The molecule has 2 rings (SSSR count). The number of hydrogen-bond acceptors (Lipinski definition) is 1. The molecule has 0 atom stereocenters. The fraction of sp³-hybridized carbons (Fsp3) is 0.462. The highest BCUT2D eigenvalue weighted by atomic mass is 35.5. The van der Waals surface area contributed by atoms with E-state index in [1.807, 2.05) is 0 Å². The first kappa shape index (κ1) is 12.7. The van der Waals surface area contributed by atoms with E-state index in [1.54, 1.807) is 18.2 Å². The fourth-order valence-corrected chi connectivity index (χ4v) is 2.82. The Bertz CT molecular complexity index is 394. The van der Waals surface area contributed by atoms with Crippen molar-refractivity contribution in [3.63, 3.8) is 0 Å². The summed E-state index contributed by atoms with van der Waals surface area (Å²) >= 11 is 11.8. The lowest BCUT2D eigenvalue weighted by Gasteiger charge is -2.12. The molecule has 2 nitrogen and oxygen atoms in total. The Hall–Kier alpha value is -0.730. The molecule has 0 aromatic heterocycles. The first-order valence-electron chi connectivity index (χ1n) is 5.88. The van der Waals surface area contributed by atoms with Crippen LogP contribution in [0.1, 0.15) is 31.2 Å². The Morgan fingerprint density at radius 3 is 2.35 bits per heavy atom. The SMILES string of the molecule is O=C(Cc1cc(Cl)cc(Cl)c1)NC1CCCC1. The summed E-state index contributed by atoms with van der Waals surface area (Å²) in [6.45, 7) is 0. The van der Waals surface area contributed by atoms with Gasteiger partial charge < -0.3 is 5.32 Å². The first-order valence-corrected chi connectivity index (χ1v) is 6.63. The Labute approximate surface area is 111 Å². The maximum Gasteiger partial charge on any atom is 0.224 e. The summed E-state index contributed by atoms with van der Waals surface area (Å²) in [6.07, 6.45) is 4.97. The van der Waals surface area contributed by atoms with Gasteiger partial charge in [0, 0.05) is 16.1 Å². The average Bonchev–Trinajstić information content (AvgIpc) is 2.67.